The van der Waals surface area contributed by atoms with Crippen molar-refractivity contribution in [2.45, 2.75) is 0 Å². The van der Waals surface area contributed by atoms with Gasteiger partial charge in [-0.25, -0.2) is 0 Å². The summed E-state index contributed by atoms with van der Waals surface area (Å²) in [5.41, 5.74) is 5.23. The topological polar surface area (TPSA) is 93.2 Å². The molecule has 0 spiro atoms. The van der Waals surface area contributed by atoms with Crippen molar-refractivity contribution in [1.29, 1.82) is 0 Å². The van der Waals surface area contributed by atoms with Gasteiger partial charge in [-0.2, -0.15) is 0 Å². The third-order valence-electron chi connectivity index (χ3n) is 6.50. The summed E-state index contributed by atoms with van der Waals surface area (Å²) in [7, 11) is 0. The number of para-hydroxylation sites is 4. The first kappa shape index (κ1) is 24.9. The lowest BCUT2D eigenvalue weighted by molar-refractivity contribution is -0.717. The van der Waals surface area contributed by atoms with E-state index in [1.165, 1.54) is 0 Å². The van der Waals surface area contributed by atoms with Crippen molar-refractivity contribution in [2.24, 2.45) is 0 Å². The maximum absolute atomic E-state index is 4.74. The van der Waals surface area contributed by atoms with Crippen LogP contribution in [0.15, 0.2) is 146 Å². The molecule has 10 heteroatoms. The van der Waals surface area contributed by atoms with Gasteiger partial charge in [-0.3, -0.25) is 5.32 Å². The zero-order chi connectivity index (χ0) is 28.1. The Bertz CT molecular complexity index is 1760. The SMILES string of the molecule is c1ccc(-n2nc(Nc3ccc(Nc4n[n+](-c5ccccc5)nn4-c4ccccc4)cc3)[n+](-c3ccccc3)n2)cc1. The Labute approximate surface area is 241 Å². The molecule has 2 heterocycles. The van der Waals surface area contributed by atoms with Gasteiger partial charge in [0.05, 0.1) is 10.8 Å². The van der Waals surface area contributed by atoms with E-state index in [2.05, 4.69) is 10.6 Å². The smallest absolute Gasteiger partial charge is 0.301 e. The maximum Gasteiger partial charge on any atom is 0.408 e. The quantitative estimate of drug-likeness (QED) is 0.262. The highest BCUT2D eigenvalue weighted by molar-refractivity contribution is 5.61. The second kappa shape index (κ2) is 11.1. The van der Waals surface area contributed by atoms with Gasteiger partial charge < -0.3 is 5.32 Å². The molecular weight excluding hydrogens is 524 g/mol. The summed E-state index contributed by atoms with van der Waals surface area (Å²) in [5.74, 6) is 1.16. The molecule has 0 atom stereocenters. The van der Waals surface area contributed by atoms with E-state index in [-0.39, 0.29) is 0 Å². The summed E-state index contributed by atoms with van der Waals surface area (Å²) >= 11 is 0. The van der Waals surface area contributed by atoms with Crippen LogP contribution in [0.4, 0.5) is 23.3 Å². The lowest BCUT2D eigenvalue weighted by Crippen LogP contribution is -2.36. The average molecular weight is 551 g/mol. The van der Waals surface area contributed by atoms with Gasteiger partial charge in [0.1, 0.15) is 16.6 Å². The predicted molar refractivity (Wildman–Crippen MR) is 159 cm³/mol. The van der Waals surface area contributed by atoms with Gasteiger partial charge in [0.15, 0.2) is 11.4 Å². The molecule has 7 aromatic rings. The van der Waals surface area contributed by atoms with Crippen LogP contribution in [0.2, 0.25) is 0 Å². The number of nitrogens with zero attached hydrogens (tertiary/aromatic N) is 8. The van der Waals surface area contributed by atoms with E-state index in [0.717, 1.165) is 34.1 Å². The molecule has 0 unspecified atom stereocenters. The molecule has 7 rings (SSSR count). The van der Waals surface area contributed by atoms with Crippen molar-refractivity contribution in [3.8, 4) is 22.7 Å². The summed E-state index contributed by atoms with van der Waals surface area (Å²) in [4.78, 5) is 3.23. The zero-order valence-electron chi connectivity index (χ0n) is 22.4. The van der Waals surface area contributed by atoms with E-state index in [1.54, 1.807) is 19.0 Å². The summed E-state index contributed by atoms with van der Waals surface area (Å²) in [6.45, 7) is 0. The Morgan fingerprint density at radius 1 is 0.500 bits per heavy atom. The Morgan fingerprint density at radius 2 is 1.02 bits per heavy atom. The molecule has 0 fully saturated rings. The second-order valence-corrected chi connectivity index (χ2v) is 9.40. The maximum atomic E-state index is 4.74. The van der Waals surface area contributed by atoms with Crippen molar-refractivity contribution in [3.63, 3.8) is 0 Å². The molecule has 202 valence electrons. The molecule has 0 aliphatic heterocycles. The molecule has 42 heavy (non-hydrogen) atoms. The van der Waals surface area contributed by atoms with Gasteiger partial charge in [0, 0.05) is 20.8 Å². The van der Waals surface area contributed by atoms with Crippen molar-refractivity contribution in [2.75, 3.05) is 10.6 Å². The number of hydrogen-bond acceptors (Lipinski definition) is 6. The number of aromatic nitrogens is 8. The third kappa shape index (κ3) is 5.19. The minimum Gasteiger partial charge on any atom is -0.301 e. The molecule has 2 N–H and O–H groups in total. The van der Waals surface area contributed by atoms with Crippen molar-refractivity contribution >= 4 is 23.3 Å². The second-order valence-electron chi connectivity index (χ2n) is 9.40. The first-order valence-corrected chi connectivity index (χ1v) is 13.5. The Morgan fingerprint density at radius 3 is 1.64 bits per heavy atom. The van der Waals surface area contributed by atoms with Gasteiger partial charge in [0.2, 0.25) is 0 Å². The standard InChI is InChI=1S/C32H25N10/c1-5-13-27(14-6-1)39-31(35-41(37-39)29-17-9-3-10-18-29)33-25-21-23-26(24-22-25)34-32-36-42(30-19-11-4-12-20-30)38-40(32)28-15-7-2-8-16-28/h1-24,37H/q+1/p+1. The van der Waals surface area contributed by atoms with Gasteiger partial charge in [0.25, 0.3) is 0 Å². The molecular formula is C32H26N10+2. The molecule has 0 saturated heterocycles. The zero-order valence-corrected chi connectivity index (χ0v) is 22.4. The Kier molecular flexibility index (Phi) is 6.59. The number of rotatable bonds is 8. The largest absolute Gasteiger partial charge is 0.408 e. The van der Waals surface area contributed by atoms with Crippen LogP contribution in [-0.4, -0.2) is 30.1 Å². The van der Waals surface area contributed by atoms with E-state index in [9.17, 15) is 0 Å². The molecule has 2 aromatic heterocycles. The average Bonchev–Trinajstić information content (AvgIpc) is 3.68. The summed E-state index contributed by atoms with van der Waals surface area (Å²) in [6.07, 6.45) is 0. The van der Waals surface area contributed by atoms with Crippen LogP contribution in [0.5, 0.6) is 0 Å². The molecule has 0 bridgehead atoms. The van der Waals surface area contributed by atoms with Gasteiger partial charge >= 0.3 is 11.9 Å². The molecule has 0 radical (unpaired) electrons. The van der Waals surface area contributed by atoms with Gasteiger partial charge in [-0.1, -0.05) is 82.2 Å². The fourth-order valence-electron chi connectivity index (χ4n) is 4.44. The van der Waals surface area contributed by atoms with E-state index in [1.807, 2.05) is 146 Å². The van der Waals surface area contributed by atoms with E-state index in [0.29, 0.717) is 11.9 Å². The number of hydrogen-bond donors (Lipinski definition) is 2. The van der Waals surface area contributed by atoms with Crippen molar-refractivity contribution < 1.29 is 9.48 Å². The van der Waals surface area contributed by atoms with E-state index >= 15 is 0 Å². The summed E-state index contributed by atoms with van der Waals surface area (Å²) in [6, 6.07) is 47.4. The molecule has 0 amide bonds. The highest BCUT2D eigenvalue weighted by atomic mass is 15.7. The van der Waals surface area contributed by atoms with Crippen LogP contribution < -0.4 is 20.1 Å². The Hall–Kier alpha value is -6.16. The van der Waals surface area contributed by atoms with E-state index < -0.39 is 0 Å². The Balaban J connectivity index is 1.17. The van der Waals surface area contributed by atoms with Crippen molar-refractivity contribution in [3.05, 3.63) is 146 Å². The van der Waals surface area contributed by atoms with Crippen LogP contribution in [0, 0.1) is 0 Å². The van der Waals surface area contributed by atoms with Crippen molar-refractivity contribution in [1.82, 2.24) is 30.1 Å². The number of anilines is 4. The van der Waals surface area contributed by atoms with Crippen LogP contribution in [0.1, 0.15) is 0 Å². The van der Waals surface area contributed by atoms with Crippen LogP contribution in [-0.2, 0) is 0 Å². The van der Waals surface area contributed by atoms with Crippen LogP contribution >= 0.6 is 0 Å². The minimum absolute atomic E-state index is 0.582. The number of benzene rings is 5. The number of tetrazole rings is 2. The molecule has 0 saturated carbocycles. The minimum atomic E-state index is 0.582. The lowest BCUT2D eigenvalue weighted by Gasteiger charge is -2.04. The highest BCUT2D eigenvalue weighted by Gasteiger charge is 2.23. The summed E-state index contributed by atoms with van der Waals surface area (Å²) < 4.78 is 3.56. The van der Waals surface area contributed by atoms with Gasteiger partial charge in [-0.05, 0) is 77.6 Å². The lowest BCUT2D eigenvalue weighted by atomic mass is 10.3. The monoisotopic (exact) mass is 550 g/mol. The normalized spacial score (nSPS) is 10.9. The summed E-state index contributed by atoms with van der Waals surface area (Å²) in [5, 5.41) is 25.7. The molecule has 0 aliphatic rings. The number of nitrogens with one attached hydrogen (secondary N) is 2. The van der Waals surface area contributed by atoms with Crippen LogP contribution in [0.3, 0.4) is 0 Å². The van der Waals surface area contributed by atoms with E-state index in [4.69, 9.17) is 20.6 Å². The van der Waals surface area contributed by atoms with Crippen LogP contribution in [0.25, 0.3) is 22.7 Å². The highest BCUT2D eigenvalue weighted by Crippen LogP contribution is 2.21. The van der Waals surface area contributed by atoms with Gasteiger partial charge in [-0.15, -0.1) is 0 Å². The predicted octanol–water partition coefficient (Wildman–Crippen LogP) is 4.89. The first-order chi connectivity index (χ1) is 20.8. The molecule has 5 aromatic carbocycles. The molecule has 0 aliphatic carbocycles. The fraction of sp³-hybridized carbons (Fsp3) is 0. The third-order valence-corrected chi connectivity index (χ3v) is 6.50. The first-order valence-electron chi connectivity index (χ1n) is 13.5. The fourth-order valence-corrected chi connectivity index (χ4v) is 4.44. The molecule has 10 nitrogen and oxygen atoms in total.